The molecule has 30 heavy (non-hydrogen) atoms. The average Bonchev–Trinajstić information content (AvgIpc) is 3.28. The molecule has 0 spiro atoms. The molecule has 2 aliphatic rings. The van der Waals surface area contributed by atoms with Gasteiger partial charge in [-0.25, -0.2) is 4.57 Å². The molecule has 0 saturated carbocycles. The number of para-hydroxylation sites is 1. The van der Waals surface area contributed by atoms with Crippen LogP contribution in [0.25, 0.3) is 10.9 Å². The molecule has 0 saturated heterocycles. The van der Waals surface area contributed by atoms with Crippen molar-refractivity contribution in [3.63, 3.8) is 0 Å². The monoisotopic (exact) mass is 399 g/mol. The van der Waals surface area contributed by atoms with E-state index in [1.54, 1.807) is 4.57 Å². The molecule has 0 bridgehead atoms. The first-order valence-corrected chi connectivity index (χ1v) is 10.2. The highest BCUT2D eigenvalue weighted by atomic mass is 16.1. The van der Waals surface area contributed by atoms with Gasteiger partial charge in [-0.3, -0.25) is 9.59 Å². The zero-order valence-electron chi connectivity index (χ0n) is 17.3. The fourth-order valence-corrected chi connectivity index (χ4v) is 4.61. The van der Waals surface area contributed by atoms with E-state index < -0.39 is 0 Å². The van der Waals surface area contributed by atoms with Crippen LogP contribution < -0.4 is 10.1 Å². The van der Waals surface area contributed by atoms with E-state index in [4.69, 9.17) is 4.99 Å². The number of nitrogens with zero attached hydrogens (tertiary/aromatic N) is 3. The minimum Gasteiger partial charge on any atom is -0.358 e. The minimum atomic E-state index is -0.209. The topological polar surface area (TPSA) is 71.1 Å². The second-order valence-corrected chi connectivity index (χ2v) is 7.80. The van der Waals surface area contributed by atoms with Crippen LogP contribution in [0.3, 0.4) is 0 Å². The van der Waals surface area contributed by atoms with Crippen molar-refractivity contribution in [1.29, 1.82) is 0 Å². The molecule has 3 aromatic rings. The van der Waals surface area contributed by atoms with Crippen LogP contribution in [0.1, 0.15) is 40.3 Å². The molecule has 6 heteroatoms. The lowest BCUT2D eigenvalue weighted by Crippen LogP contribution is -2.48. The van der Waals surface area contributed by atoms with Gasteiger partial charge in [-0.15, -0.1) is 0 Å². The van der Waals surface area contributed by atoms with Crippen molar-refractivity contribution in [3.8, 4) is 0 Å². The largest absolute Gasteiger partial charge is 0.403 e. The van der Waals surface area contributed by atoms with E-state index in [-0.39, 0.29) is 23.9 Å². The Balaban J connectivity index is 1.68. The van der Waals surface area contributed by atoms with Gasteiger partial charge >= 0.3 is 11.5 Å². The van der Waals surface area contributed by atoms with Gasteiger partial charge in [0.05, 0.1) is 11.3 Å². The Kier molecular flexibility index (Phi) is 4.17. The van der Waals surface area contributed by atoms with Crippen molar-refractivity contribution in [3.05, 3.63) is 81.4 Å². The summed E-state index contributed by atoms with van der Waals surface area (Å²) in [7, 11) is 0. The van der Waals surface area contributed by atoms with Crippen LogP contribution in [0.2, 0.25) is 0 Å². The summed E-state index contributed by atoms with van der Waals surface area (Å²) in [6.07, 6.45) is 8.36. The van der Waals surface area contributed by atoms with Crippen molar-refractivity contribution in [1.82, 2.24) is 9.55 Å². The SMILES string of the molecule is CCc1c(C)[n+](CC(=O)c2c(C)[nH]c3ccccc23)c2n(c1=O)C1C=CC=CC1=N2. The van der Waals surface area contributed by atoms with Gasteiger partial charge in [-0.05, 0) is 38.5 Å². The third kappa shape index (κ3) is 2.56. The van der Waals surface area contributed by atoms with Crippen molar-refractivity contribution in [2.75, 3.05) is 0 Å². The summed E-state index contributed by atoms with van der Waals surface area (Å²) in [6, 6.07) is 7.62. The smallest absolute Gasteiger partial charge is 0.358 e. The van der Waals surface area contributed by atoms with E-state index in [0.29, 0.717) is 17.9 Å². The zero-order valence-corrected chi connectivity index (χ0v) is 17.3. The molecule has 2 aromatic heterocycles. The van der Waals surface area contributed by atoms with Gasteiger partial charge in [0.2, 0.25) is 0 Å². The highest BCUT2D eigenvalue weighted by molar-refractivity contribution is 6.08. The summed E-state index contributed by atoms with van der Waals surface area (Å²) >= 11 is 0. The summed E-state index contributed by atoms with van der Waals surface area (Å²) in [4.78, 5) is 34.7. The quantitative estimate of drug-likeness (QED) is 0.539. The Morgan fingerprint density at radius 2 is 2.03 bits per heavy atom. The van der Waals surface area contributed by atoms with Crippen molar-refractivity contribution >= 4 is 28.3 Å². The third-order valence-electron chi connectivity index (χ3n) is 6.08. The molecule has 1 aliphatic carbocycles. The molecular formula is C24H23N4O2+. The Labute approximate surface area is 173 Å². The van der Waals surface area contributed by atoms with Gasteiger partial charge in [-0.1, -0.05) is 42.3 Å². The number of carbonyl (C=O) groups is 1. The van der Waals surface area contributed by atoms with Crippen LogP contribution in [-0.2, 0) is 13.0 Å². The van der Waals surface area contributed by atoms with Gasteiger partial charge in [-0.2, -0.15) is 4.57 Å². The normalized spacial score (nSPS) is 16.6. The van der Waals surface area contributed by atoms with E-state index in [2.05, 4.69) is 4.98 Å². The lowest BCUT2D eigenvalue weighted by molar-refractivity contribution is -0.680. The maximum atomic E-state index is 13.5. The predicted octanol–water partition coefficient (Wildman–Crippen LogP) is 3.43. The van der Waals surface area contributed by atoms with Crippen molar-refractivity contribution in [2.24, 2.45) is 4.99 Å². The van der Waals surface area contributed by atoms with E-state index >= 15 is 0 Å². The van der Waals surface area contributed by atoms with E-state index in [1.165, 1.54) is 0 Å². The minimum absolute atomic E-state index is 0.00251. The lowest BCUT2D eigenvalue weighted by Gasteiger charge is -2.14. The van der Waals surface area contributed by atoms with Crippen LogP contribution in [-0.4, -0.2) is 21.0 Å². The van der Waals surface area contributed by atoms with Crippen LogP contribution >= 0.6 is 0 Å². The first kappa shape index (κ1) is 18.5. The highest BCUT2D eigenvalue weighted by Crippen LogP contribution is 2.28. The summed E-state index contributed by atoms with van der Waals surface area (Å²) < 4.78 is 3.62. The Bertz CT molecular complexity index is 1370. The molecule has 150 valence electrons. The molecular weight excluding hydrogens is 376 g/mol. The fraction of sp³-hybridized carbons (Fsp3) is 0.250. The maximum Gasteiger partial charge on any atom is 0.403 e. The molecule has 1 aliphatic heterocycles. The van der Waals surface area contributed by atoms with Crippen LogP contribution in [0, 0.1) is 13.8 Å². The number of aromatic nitrogens is 3. The van der Waals surface area contributed by atoms with Crippen molar-refractivity contribution in [2.45, 2.75) is 39.8 Å². The predicted molar refractivity (Wildman–Crippen MR) is 117 cm³/mol. The number of benzene rings is 1. The number of carbonyl (C=O) groups excluding carboxylic acids is 1. The number of hydrogen-bond acceptors (Lipinski definition) is 3. The zero-order chi connectivity index (χ0) is 21.0. The Morgan fingerprint density at radius 3 is 2.83 bits per heavy atom. The fourth-order valence-electron chi connectivity index (χ4n) is 4.61. The van der Waals surface area contributed by atoms with E-state index in [1.807, 2.05) is 73.9 Å². The Morgan fingerprint density at radius 1 is 1.23 bits per heavy atom. The second kappa shape index (κ2) is 6.76. The van der Waals surface area contributed by atoms with Gasteiger partial charge in [0.15, 0.2) is 17.5 Å². The number of hydrogen-bond donors (Lipinski definition) is 1. The van der Waals surface area contributed by atoms with Gasteiger partial charge < -0.3 is 4.98 Å². The molecule has 0 fully saturated rings. The first-order valence-electron chi connectivity index (χ1n) is 10.2. The second-order valence-electron chi connectivity index (χ2n) is 7.80. The molecule has 3 heterocycles. The number of aryl methyl sites for hydroxylation is 1. The van der Waals surface area contributed by atoms with Crippen LogP contribution in [0.15, 0.2) is 58.4 Å². The third-order valence-corrected chi connectivity index (χ3v) is 6.08. The van der Waals surface area contributed by atoms with Gasteiger partial charge in [0.1, 0.15) is 6.54 Å². The molecule has 5 rings (SSSR count). The first-order chi connectivity index (χ1) is 14.5. The van der Waals surface area contributed by atoms with Crippen molar-refractivity contribution < 1.29 is 9.36 Å². The summed E-state index contributed by atoms with van der Waals surface area (Å²) in [6.45, 7) is 5.94. The van der Waals surface area contributed by atoms with Crippen LogP contribution in [0.5, 0.6) is 0 Å². The molecule has 1 aromatic carbocycles. The molecule has 0 amide bonds. The number of fused-ring (bicyclic) bond motifs is 4. The number of nitrogens with one attached hydrogen (secondary N) is 1. The number of aliphatic imine (C=N–C) groups is 1. The molecule has 1 atom stereocenters. The number of Topliss-reactive ketones (excluding diaryl/α,β-unsaturated/α-hetero) is 1. The molecule has 1 unspecified atom stereocenters. The molecule has 0 radical (unpaired) electrons. The number of H-pyrrole nitrogens is 1. The summed E-state index contributed by atoms with van der Waals surface area (Å²) in [5.74, 6) is 0.541. The average molecular weight is 399 g/mol. The number of aromatic amines is 1. The van der Waals surface area contributed by atoms with E-state index in [9.17, 15) is 9.59 Å². The van der Waals surface area contributed by atoms with Gasteiger partial charge in [0.25, 0.3) is 0 Å². The highest BCUT2D eigenvalue weighted by Gasteiger charge is 2.38. The van der Waals surface area contributed by atoms with Crippen LogP contribution in [0.4, 0.5) is 5.95 Å². The Hall–Kier alpha value is -3.54. The van der Waals surface area contributed by atoms with E-state index in [0.717, 1.165) is 33.6 Å². The molecule has 1 N–H and O–H groups in total. The number of allylic oxidation sites excluding steroid dienone is 4. The number of rotatable bonds is 4. The summed E-state index contributed by atoms with van der Waals surface area (Å²) in [5, 5.41) is 0.921. The number of ketones is 1. The lowest BCUT2D eigenvalue weighted by atomic mass is 10.1. The molecule has 6 nitrogen and oxygen atoms in total. The van der Waals surface area contributed by atoms with Gasteiger partial charge in [0, 0.05) is 22.2 Å². The summed E-state index contributed by atoms with van der Waals surface area (Å²) in [5.41, 5.74) is 4.82. The standard InChI is InChI=1S/C24H22N4O2/c1-4-16-15(3)27(24-26-19-11-7-8-12-20(19)28(24)23(16)30)13-21(29)22-14(2)25-18-10-6-5-9-17(18)22/h5-12,20H,4,13H2,1-3H3/p+1. The maximum absolute atomic E-state index is 13.5.